The van der Waals surface area contributed by atoms with Crippen LogP contribution in [0.2, 0.25) is 0 Å². The molecular formula is C26H39N7O5. The summed E-state index contributed by atoms with van der Waals surface area (Å²) in [5.74, 6) is -2.11. The summed E-state index contributed by atoms with van der Waals surface area (Å²) in [5.41, 5.74) is 11.1. The molecule has 2 aliphatic rings. The van der Waals surface area contributed by atoms with Gasteiger partial charge in [0.2, 0.25) is 11.8 Å². The molecule has 1 aromatic carbocycles. The van der Waals surface area contributed by atoms with Crippen molar-refractivity contribution in [2.45, 2.75) is 56.0 Å². The minimum atomic E-state index is -1.19. The molecule has 0 saturated carbocycles. The maximum absolute atomic E-state index is 13.8. The molecule has 12 heteroatoms. The number of amides is 2. The van der Waals surface area contributed by atoms with Crippen molar-refractivity contribution in [3.63, 3.8) is 0 Å². The molecule has 2 saturated heterocycles. The number of guanidine groups is 1. The van der Waals surface area contributed by atoms with Gasteiger partial charge in [0.15, 0.2) is 11.7 Å². The number of hydrogen-bond acceptors (Lipinski definition) is 7. The lowest BCUT2D eigenvalue weighted by molar-refractivity contribution is -0.138. The Balaban J connectivity index is 1.68. The van der Waals surface area contributed by atoms with Crippen molar-refractivity contribution in [1.82, 2.24) is 20.9 Å². The van der Waals surface area contributed by atoms with Crippen LogP contribution in [0.1, 0.15) is 44.1 Å². The molecule has 38 heavy (non-hydrogen) atoms. The Morgan fingerprint density at radius 3 is 2.53 bits per heavy atom. The fraction of sp³-hybridized carbons (Fsp3) is 0.577. The van der Waals surface area contributed by atoms with Crippen LogP contribution in [0.25, 0.3) is 0 Å². The zero-order valence-electron chi connectivity index (χ0n) is 21.7. The predicted molar refractivity (Wildman–Crippen MR) is 142 cm³/mol. The molecule has 0 bridgehead atoms. The lowest BCUT2D eigenvalue weighted by atomic mass is 9.70. The molecule has 1 aromatic rings. The Morgan fingerprint density at radius 1 is 1.16 bits per heavy atom. The molecule has 2 fully saturated rings. The quantitative estimate of drug-likeness (QED) is 0.106. The van der Waals surface area contributed by atoms with E-state index in [1.807, 2.05) is 35.2 Å². The van der Waals surface area contributed by atoms with E-state index in [-0.39, 0.29) is 37.2 Å². The van der Waals surface area contributed by atoms with Crippen molar-refractivity contribution in [1.29, 1.82) is 0 Å². The number of carbonyl (C=O) groups excluding carboxylic acids is 3. The van der Waals surface area contributed by atoms with E-state index in [1.54, 1.807) is 0 Å². The first-order valence-corrected chi connectivity index (χ1v) is 13.1. The summed E-state index contributed by atoms with van der Waals surface area (Å²) in [7, 11) is 0. The number of carboxylic acids is 1. The SMILES string of the molecule is NC(N)=NCCC[C@H](NC(=O)[C@H]1CCCN1CC(=O)C1(c2ccccc2)CCNCC1)C(=O)NCC(=O)O. The topological polar surface area (TPSA) is 192 Å². The highest BCUT2D eigenvalue weighted by Gasteiger charge is 2.43. The molecule has 2 amide bonds. The number of Topliss-reactive ketones (excluding diaryl/α,β-unsaturated/α-hetero) is 1. The van der Waals surface area contributed by atoms with Crippen molar-refractivity contribution >= 4 is 29.5 Å². The smallest absolute Gasteiger partial charge is 0.322 e. The van der Waals surface area contributed by atoms with Crippen molar-refractivity contribution in [3.05, 3.63) is 35.9 Å². The normalized spacial score (nSPS) is 19.7. The number of hydrogen-bond donors (Lipinski definition) is 6. The third-order valence-electron chi connectivity index (χ3n) is 7.32. The van der Waals surface area contributed by atoms with Gasteiger partial charge in [-0.2, -0.15) is 0 Å². The van der Waals surface area contributed by atoms with E-state index in [1.165, 1.54) is 0 Å². The summed E-state index contributed by atoms with van der Waals surface area (Å²) in [6, 6.07) is 8.32. The third-order valence-corrected chi connectivity index (χ3v) is 7.32. The molecule has 2 aliphatic heterocycles. The van der Waals surface area contributed by atoms with Crippen molar-refractivity contribution in [2.24, 2.45) is 16.5 Å². The minimum absolute atomic E-state index is 0.0748. The molecule has 2 heterocycles. The standard InChI is InChI=1S/C26H39N7O5/c27-25(28)30-12-4-8-19(23(37)31-16-22(35)36)32-24(38)20-9-5-15-33(20)17-21(34)26(10-13-29-14-11-26)18-6-2-1-3-7-18/h1-3,6-7,19-20,29H,4-5,8-17H2,(H,31,37)(H,32,38)(H,35,36)(H4,27,28,30)/t19-,20+/m0/s1. The first-order valence-electron chi connectivity index (χ1n) is 13.1. The van der Waals surface area contributed by atoms with Crippen molar-refractivity contribution in [3.8, 4) is 0 Å². The summed E-state index contributed by atoms with van der Waals surface area (Å²) in [6.07, 6.45) is 3.35. The van der Waals surface area contributed by atoms with Crippen molar-refractivity contribution < 1.29 is 24.3 Å². The fourth-order valence-electron chi connectivity index (χ4n) is 5.31. The van der Waals surface area contributed by atoms with E-state index < -0.39 is 35.9 Å². The van der Waals surface area contributed by atoms with E-state index in [9.17, 15) is 19.2 Å². The van der Waals surface area contributed by atoms with Gasteiger partial charge in [0, 0.05) is 6.54 Å². The Kier molecular flexibility index (Phi) is 10.6. The fourth-order valence-corrected chi connectivity index (χ4v) is 5.31. The van der Waals surface area contributed by atoms with E-state index in [4.69, 9.17) is 16.6 Å². The number of nitrogens with one attached hydrogen (secondary N) is 3. The van der Waals surface area contributed by atoms with Gasteiger partial charge in [-0.1, -0.05) is 30.3 Å². The van der Waals surface area contributed by atoms with E-state index >= 15 is 0 Å². The second-order valence-corrected chi connectivity index (χ2v) is 9.87. The maximum Gasteiger partial charge on any atom is 0.322 e. The Labute approximate surface area is 222 Å². The number of nitrogens with zero attached hydrogens (tertiary/aromatic N) is 2. The lowest BCUT2D eigenvalue weighted by Crippen LogP contribution is -2.55. The van der Waals surface area contributed by atoms with Crippen LogP contribution in [0.15, 0.2) is 35.3 Å². The highest BCUT2D eigenvalue weighted by molar-refractivity contribution is 5.94. The first kappa shape index (κ1) is 29.1. The summed E-state index contributed by atoms with van der Waals surface area (Å²) < 4.78 is 0. The zero-order valence-corrected chi connectivity index (χ0v) is 21.7. The van der Waals surface area contributed by atoms with Crippen LogP contribution >= 0.6 is 0 Å². The Bertz CT molecular complexity index is 1010. The van der Waals surface area contributed by atoms with Crippen LogP contribution in [0, 0.1) is 0 Å². The summed E-state index contributed by atoms with van der Waals surface area (Å²) in [5, 5.41) is 17.3. The van der Waals surface area contributed by atoms with Crippen molar-refractivity contribution in [2.75, 3.05) is 39.3 Å². The summed E-state index contributed by atoms with van der Waals surface area (Å²) in [6.45, 7) is 1.96. The molecule has 8 N–H and O–H groups in total. The monoisotopic (exact) mass is 529 g/mol. The van der Waals surface area contributed by atoms with Gasteiger partial charge in [-0.15, -0.1) is 0 Å². The highest BCUT2D eigenvalue weighted by atomic mass is 16.4. The number of rotatable bonds is 13. The van der Waals surface area contributed by atoms with E-state index in [0.717, 1.165) is 25.1 Å². The van der Waals surface area contributed by atoms with Crippen LogP contribution in [0.5, 0.6) is 0 Å². The van der Waals surface area contributed by atoms with Crippen LogP contribution in [0.4, 0.5) is 0 Å². The zero-order chi connectivity index (χ0) is 27.5. The van der Waals surface area contributed by atoms with E-state index in [2.05, 4.69) is 20.9 Å². The second kappa shape index (κ2) is 13.9. The number of aliphatic carboxylic acids is 1. The van der Waals surface area contributed by atoms with Gasteiger partial charge in [0.1, 0.15) is 12.6 Å². The number of carbonyl (C=O) groups is 4. The molecule has 0 unspecified atom stereocenters. The van der Waals surface area contributed by atoms with E-state index in [0.29, 0.717) is 32.2 Å². The van der Waals surface area contributed by atoms with Gasteiger partial charge in [-0.25, -0.2) is 0 Å². The van der Waals surface area contributed by atoms with Crippen LogP contribution in [-0.4, -0.2) is 90.9 Å². The average Bonchev–Trinajstić information content (AvgIpc) is 3.37. The maximum atomic E-state index is 13.8. The van der Waals surface area contributed by atoms with Gasteiger partial charge in [0.25, 0.3) is 0 Å². The Morgan fingerprint density at radius 2 is 1.87 bits per heavy atom. The number of piperidine rings is 1. The van der Waals surface area contributed by atoms with Crippen LogP contribution in [-0.2, 0) is 24.6 Å². The minimum Gasteiger partial charge on any atom is -0.480 e. The number of nitrogens with two attached hydrogens (primary N) is 2. The molecule has 208 valence electrons. The summed E-state index contributed by atoms with van der Waals surface area (Å²) in [4.78, 5) is 56.5. The number of carboxylic acid groups (broad SMARTS) is 1. The molecule has 12 nitrogen and oxygen atoms in total. The van der Waals surface area contributed by atoms with Crippen LogP contribution in [0.3, 0.4) is 0 Å². The van der Waals surface area contributed by atoms with Gasteiger partial charge in [-0.3, -0.25) is 29.1 Å². The van der Waals surface area contributed by atoms with Crippen LogP contribution < -0.4 is 27.4 Å². The molecular weight excluding hydrogens is 490 g/mol. The molecule has 0 radical (unpaired) electrons. The highest BCUT2D eigenvalue weighted by Crippen LogP contribution is 2.35. The third kappa shape index (κ3) is 7.75. The lowest BCUT2D eigenvalue weighted by Gasteiger charge is -2.38. The predicted octanol–water partition coefficient (Wildman–Crippen LogP) is -0.919. The summed E-state index contributed by atoms with van der Waals surface area (Å²) >= 11 is 0. The molecule has 0 spiro atoms. The van der Waals surface area contributed by atoms with Gasteiger partial charge in [0.05, 0.1) is 18.0 Å². The second-order valence-electron chi connectivity index (χ2n) is 9.87. The average molecular weight is 530 g/mol. The Hall–Kier alpha value is -3.51. The van der Waals surface area contributed by atoms with Gasteiger partial charge < -0.3 is 32.5 Å². The van der Waals surface area contributed by atoms with Gasteiger partial charge in [-0.05, 0) is 63.7 Å². The molecule has 0 aromatic heterocycles. The molecule has 0 aliphatic carbocycles. The first-order chi connectivity index (χ1) is 18.2. The van der Waals surface area contributed by atoms with Gasteiger partial charge >= 0.3 is 5.97 Å². The molecule has 3 rings (SSSR count). The largest absolute Gasteiger partial charge is 0.480 e. The number of aliphatic imine (C=N–C) groups is 1. The number of likely N-dealkylation sites (tertiary alicyclic amines) is 1. The number of benzene rings is 1. The molecule has 2 atom stereocenters. The number of ketones is 1.